The van der Waals surface area contributed by atoms with E-state index in [-0.39, 0.29) is 5.91 Å². The Bertz CT molecular complexity index is 1010. The first kappa shape index (κ1) is 29.7. The first-order chi connectivity index (χ1) is 16.8. The molecule has 0 saturated heterocycles. The molecular weight excluding hydrogens is 452 g/mol. The molecule has 0 bridgehead atoms. The number of thiol groups is 1. The zero-order valence-corrected chi connectivity index (χ0v) is 22.1. The van der Waals surface area contributed by atoms with Crippen LogP contribution in [-0.2, 0) is 22.6 Å². The van der Waals surface area contributed by atoms with Gasteiger partial charge in [-0.15, -0.1) is 12.6 Å². The van der Waals surface area contributed by atoms with E-state index in [0.717, 1.165) is 22.6 Å². The van der Waals surface area contributed by atoms with Crippen molar-refractivity contribution in [1.82, 2.24) is 10.6 Å². The van der Waals surface area contributed by atoms with Crippen LogP contribution in [0.15, 0.2) is 107 Å². The Morgan fingerprint density at radius 2 is 1.54 bits per heavy atom. The number of amides is 2. The molecule has 2 aromatic rings. The normalized spacial score (nSPS) is 12.2. The van der Waals surface area contributed by atoms with Crippen molar-refractivity contribution in [3.63, 3.8) is 0 Å². The summed E-state index contributed by atoms with van der Waals surface area (Å²) in [5, 5.41) is 5.28. The smallest absolute Gasteiger partial charge is 0.257 e. The van der Waals surface area contributed by atoms with Crippen LogP contribution in [0.4, 0.5) is 0 Å². The number of carbonyl (C=O) groups excluding carboxylic acids is 2. The predicted octanol–water partition coefficient (Wildman–Crippen LogP) is 6.54. The van der Waals surface area contributed by atoms with Crippen molar-refractivity contribution in [2.45, 2.75) is 47.1 Å². The quantitative estimate of drug-likeness (QED) is 0.145. The van der Waals surface area contributed by atoms with Crippen LogP contribution in [-0.4, -0.2) is 12.3 Å². The number of benzene rings is 2. The maximum atomic E-state index is 12.1. The summed E-state index contributed by atoms with van der Waals surface area (Å²) in [6.45, 7) is 8.73. The van der Waals surface area contributed by atoms with E-state index >= 15 is 0 Å². The van der Waals surface area contributed by atoms with Gasteiger partial charge in [-0.3, -0.25) is 9.59 Å². The molecule has 0 aliphatic rings. The molecule has 0 saturated carbocycles. The van der Waals surface area contributed by atoms with Crippen LogP contribution in [0.5, 0.6) is 0 Å². The lowest BCUT2D eigenvalue weighted by atomic mass is 10.0. The highest BCUT2D eigenvalue weighted by Crippen LogP contribution is 2.11. The minimum Gasteiger partial charge on any atom is -0.348 e. The minimum absolute atomic E-state index is 0.208. The van der Waals surface area contributed by atoms with Crippen LogP contribution in [0.2, 0.25) is 0 Å². The van der Waals surface area contributed by atoms with Gasteiger partial charge in [0.25, 0.3) is 5.91 Å². The van der Waals surface area contributed by atoms with Gasteiger partial charge in [0, 0.05) is 12.7 Å². The highest BCUT2D eigenvalue weighted by atomic mass is 32.1. The Morgan fingerprint density at radius 1 is 0.943 bits per heavy atom. The number of carbonyl (C=O) groups is 2. The summed E-state index contributed by atoms with van der Waals surface area (Å²) < 4.78 is 0. The highest BCUT2D eigenvalue weighted by molar-refractivity contribution is 7.85. The third kappa shape index (κ3) is 14.5. The van der Waals surface area contributed by atoms with E-state index in [1.165, 1.54) is 18.4 Å². The lowest BCUT2D eigenvalue weighted by molar-refractivity contribution is -0.117. The molecule has 0 heterocycles. The second-order valence-electron chi connectivity index (χ2n) is 8.51. The van der Waals surface area contributed by atoms with Crippen LogP contribution in [0.3, 0.4) is 0 Å². The second kappa shape index (κ2) is 18.1. The molecule has 2 N–H and O–H groups in total. The van der Waals surface area contributed by atoms with Gasteiger partial charge in [-0.2, -0.15) is 0 Å². The van der Waals surface area contributed by atoms with Gasteiger partial charge in [-0.25, -0.2) is 0 Å². The summed E-state index contributed by atoms with van der Waals surface area (Å²) in [4.78, 5) is 22.6. The van der Waals surface area contributed by atoms with Crippen LogP contribution >= 0.6 is 12.6 Å². The van der Waals surface area contributed by atoms with Gasteiger partial charge in [-0.05, 0) is 61.0 Å². The number of nitrogens with one attached hydrogen (secondary N) is 2. The van der Waals surface area contributed by atoms with Crippen molar-refractivity contribution >= 4 is 24.9 Å². The summed E-state index contributed by atoms with van der Waals surface area (Å²) in [7, 11) is 0. The van der Waals surface area contributed by atoms with Crippen LogP contribution in [0.1, 0.15) is 45.2 Å². The van der Waals surface area contributed by atoms with Gasteiger partial charge in [0.1, 0.15) is 0 Å². The molecule has 0 radical (unpaired) electrons. The Balaban J connectivity index is 0.000000462. The minimum atomic E-state index is -0.208. The topological polar surface area (TPSA) is 58.2 Å². The van der Waals surface area contributed by atoms with Crippen LogP contribution in [0.25, 0.3) is 0 Å². The molecule has 2 rings (SSSR count). The molecule has 0 aliphatic heterocycles. The van der Waals surface area contributed by atoms with E-state index in [4.69, 9.17) is 0 Å². The first-order valence-corrected chi connectivity index (χ1v) is 12.2. The third-order valence-corrected chi connectivity index (χ3v) is 5.51. The van der Waals surface area contributed by atoms with Gasteiger partial charge in [0.05, 0.1) is 4.91 Å². The summed E-state index contributed by atoms with van der Waals surface area (Å²) in [6.07, 6.45) is 12.0. The van der Waals surface area contributed by atoms with Gasteiger partial charge < -0.3 is 10.6 Å². The Morgan fingerprint density at radius 3 is 2.11 bits per heavy atom. The molecule has 0 atom stereocenters. The van der Waals surface area contributed by atoms with E-state index in [2.05, 4.69) is 67.4 Å². The molecular formula is C30H38N2O2S. The summed E-state index contributed by atoms with van der Waals surface area (Å²) in [5.41, 5.74) is 4.22. The van der Waals surface area contributed by atoms with Crippen LogP contribution < -0.4 is 10.6 Å². The predicted molar refractivity (Wildman–Crippen MR) is 151 cm³/mol. The Hall–Kier alpha value is -3.31. The van der Waals surface area contributed by atoms with Crippen LogP contribution in [0, 0.1) is 5.92 Å². The average molecular weight is 491 g/mol. The fraction of sp³-hybridized carbons (Fsp3) is 0.267. The standard InChI is InChI=1S/C19H22N2O2S.C11H16/c1-15(11-12-20-14-22)7-6-8-16(2)18(24)19(23)21-13-17-9-4-3-5-10-17;1-10(2)8-9-11-6-4-3-5-7-11/h3-12,14,24H,13H2,1-2H3,(H,20,22)(H,21,23);3-7,10H,8-9H2,1-2H3/b8-6+,12-11-,15-7-,18-16-;. The molecule has 2 aromatic carbocycles. The fourth-order valence-electron chi connectivity index (χ4n) is 2.84. The molecule has 4 nitrogen and oxygen atoms in total. The number of rotatable bonds is 11. The Kier molecular flexibility index (Phi) is 15.3. The molecule has 0 unspecified atom stereocenters. The first-order valence-electron chi connectivity index (χ1n) is 11.8. The maximum Gasteiger partial charge on any atom is 0.257 e. The van der Waals surface area contributed by atoms with Crippen molar-refractivity contribution in [2.75, 3.05) is 0 Å². The van der Waals surface area contributed by atoms with E-state index in [0.29, 0.717) is 17.9 Å². The van der Waals surface area contributed by atoms with Crippen molar-refractivity contribution in [3.8, 4) is 0 Å². The number of hydrogen-bond donors (Lipinski definition) is 3. The zero-order chi connectivity index (χ0) is 25.9. The largest absolute Gasteiger partial charge is 0.348 e. The van der Waals surface area contributed by atoms with Gasteiger partial charge in [0.2, 0.25) is 6.41 Å². The summed E-state index contributed by atoms with van der Waals surface area (Å²) in [5.74, 6) is 0.607. The second-order valence-corrected chi connectivity index (χ2v) is 8.95. The monoisotopic (exact) mass is 490 g/mol. The molecule has 2 amide bonds. The van der Waals surface area contributed by atoms with Gasteiger partial charge >= 0.3 is 0 Å². The molecule has 186 valence electrons. The summed E-state index contributed by atoms with van der Waals surface area (Å²) >= 11 is 4.29. The van der Waals surface area contributed by atoms with E-state index in [9.17, 15) is 9.59 Å². The lowest BCUT2D eigenvalue weighted by Gasteiger charge is -2.06. The highest BCUT2D eigenvalue weighted by Gasteiger charge is 2.06. The molecule has 0 spiro atoms. The van der Waals surface area contributed by atoms with Crippen molar-refractivity contribution in [3.05, 3.63) is 118 Å². The lowest BCUT2D eigenvalue weighted by Crippen LogP contribution is -2.23. The van der Waals surface area contributed by atoms with Crippen molar-refractivity contribution in [2.24, 2.45) is 5.92 Å². The maximum absolute atomic E-state index is 12.1. The average Bonchev–Trinajstić information content (AvgIpc) is 2.87. The number of allylic oxidation sites excluding steroid dienone is 6. The Labute approximate surface area is 216 Å². The third-order valence-electron chi connectivity index (χ3n) is 4.95. The zero-order valence-electron chi connectivity index (χ0n) is 21.2. The molecule has 5 heteroatoms. The molecule has 0 aromatic heterocycles. The molecule has 0 fully saturated rings. The van der Waals surface area contributed by atoms with Gasteiger partial charge in [0.15, 0.2) is 0 Å². The van der Waals surface area contributed by atoms with E-state index < -0.39 is 0 Å². The number of aryl methyl sites for hydroxylation is 1. The van der Waals surface area contributed by atoms with E-state index in [1.807, 2.05) is 62.4 Å². The SMILES string of the molecule is CC(/C=C\NC=O)=C/C=C/C(C)=C(\S)C(=O)NCc1ccccc1.CC(C)CCc1ccccc1. The fourth-order valence-corrected chi connectivity index (χ4v) is 2.99. The van der Waals surface area contributed by atoms with Crippen molar-refractivity contribution in [1.29, 1.82) is 0 Å². The molecule has 0 aliphatic carbocycles. The summed E-state index contributed by atoms with van der Waals surface area (Å²) in [6, 6.07) is 20.4. The van der Waals surface area contributed by atoms with Crippen molar-refractivity contribution < 1.29 is 9.59 Å². The molecule has 35 heavy (non-hydrogen) atoms. The van der Waals surface area contributed by atoms with Gasteiger partial charge in [-0.1, -0.05) is 92.7 Å². The van der Waals surface area contributed by atoms with E-state index in [1.54, 1.807) is 12.3 Å². The number of hydrogen-bond acceptors (Lipinski definition) is 3.